The Morgan fingerprint density at radius 1 is 1.54 bits per heavy atom. The second-order valence-electron chi connectivity index (χ2n) is 3.78. The minimum Gasteiger partial charge on any atom is -0.316 e. The Hall–Kier alpha value is -0.340. The van der Waals surface area contributed by atoms with Gasteiger partial charge >= 0.3 is 0 Å². The maximum atomic E-state index is 3.13. The van der Waals surface area contributed by atoms with Crippen LogP contribution >= 0.6 is 0 Å². The van der Waals surface area contributed by atoms with Crippen LogP contribution in [0.1, 0.15) is 19.8 Å². The van der Waals surface area contributed by atoms with Gasteiger partial charge in [-0.3, -0.25) is 0 Å². The summed E-state index contributed by atoms with van der Waals surface area (Å²) in [6.07, 6.45) is 7.36. The zero-order chi connectivity index (χ0) is 9.52. The van der Waals surface area contributed by atoms with Crippen LogP contribution in [-0.2, 0) is 0 Å². The molecule has 2 nitrogen and oxygen atoms in total. The lowest BCUT2D eigenvalue weighted by molar-refractivity contribution is 0.206. The van der Waals surface area contributed by atoms with Crippen LogP contribution in [0.2, 0.25) is 0 Å². The second kappa shape index (κ2) is 6.17. The third-order valence-electron chi connectivity index (χ3n) is 2.72. The molecule has 0 bridgehead atoms. The van der Waals surface area contributed by atoms with Gasteiger partial charge in [0.1, 0.15) is 0 Å². The average Bonchev–Trinajstić information content (AvgIpc) is 2.19. The van der Waals surface area contributed by atoms with Gasteiger partial charge in [0.2, 0.25) is 0 Å². The van der Waals surface area contributed by atoms with E-state index in [1.54, 1.807) is 0 Å². The Kier molecular flexibility index (Phi) is 5.09. The van der Waals surface area contributed by atoms with Crippen molar-refractivity contribution >= 4 is 0 Å². The first-order chi connectivity index (χ1) is 6.36. The molecule has 1 rings (SSSR count). The largest absolute Gasteiger partial charge is 0.316 e. The van der Waals surface area contributed by atoms with Gasteiger partial charge in [-0.1, -0.05) is 19.1 Å². The van der Waals surface area contributed by atoms with E-state index in [9.17, 15) is 0 Å². The van der Waals surface area contributed by atoms with Gasteiger partial charge < -0.3 is 10.2 Å². The number of nitrogens with one attached hydrogen (secondary N) is 1. The Labute approximate surface area is 82.0 Å². The summed E-state index contributed by atoms with van der Waals surface area (Å²) >= 11 is 0. The number of piperidine rings is 1. The van der Waals surface area contributed by atoms with Gasteiger partial charge in [-0.05, 0) is 38.9 Å². The molecular formula is C11H22N2. The molecule has 1 atom stereocenters. The average molecular weight is 182 g/mol. The fourth-order valence-electron chi connectivity index (χ4n) is 1.91. The third kappa shape index (κ3) is 3.92. The molecule has 1 aliphatic rings. The summed E-state index contributed by atoms with van der Waals surface area (Å²) in [5.41, 5.74) is 0. The summed E-state index contributed by atoms with van der Waals surface area (Å²) in [6.45, 7) is 7.02. The van der Waals surface area contributed by atoms with Crippen molar-refractivity contribution in [3.8, 4) is 0 Å². The summed E-state index contributed by atoms with van der Waals surface area (Å²) in [4.78, 5) is 2.54. The molecular weight excluding hydrogens is 160 g/mol. The molecule has 0 aromatic rings. The lowest BCUT2D eigenvalue weighted by atomic mass is 9.98. The fraction of sp³-hybridized carbons (Fsp3) is 0.818. The molecule has 2 heteroatoms. The minimum absolute atomic E-state index is 0.794. The number of rotatable bonds is 4. The highest BCUT2D eigenvalue weighted by molar-refractivity contribution is 4.92. The lowest BCUT2D eigenvalue weighted by Crippen LogP contribution is -2.34. The highest BCUT2D eigenvalue weighted by Crippen LogP contribution is 2.16. The van der Waals surface area contributed by atoms with Gasteiger partial charge in [-0.25, -0.2) is 0 Å². The molecule has 0 aromatic heterocycles. The molecule has 1 aliphatic heterocycles. The van der Waals surface area contributed by atoms with Crippen LogP contribution in [0.4, 0.5) is 0 Å². The van der Waals surface area contributed by atoms with E-state index >= 15 is 0 Å². The number of hydrogen-bond donors (Lipinski definition) is 1. The Morgan fingerprint density at radius 2 is 2.38 bits per heavy atom. The standard InChI is InChI=1S/C11H22N2/c1-3-13-9-5-7-11(10-13)6-4-8-12-2/h4,6,11-12H,3,5,7-10H2,1-2H3/b6-4-. The summed E-state index contributed by atoms with van der Waals surface area (Å²) in [7, 11) is 1.99. The van der Waals surface area contributed by atoms with E-state index < -0.39 is 0 Å². The van der Waals surface area contributed by atoms with E-state index in [-0.39, 0.29) is 0 Å². The Morgan fingerprint density at radius 3 is 3.08 bits per heavy atom. The predicted molar refractivity (Wildman–Crippen MR) is 57.9 cm³/mol. The Bertz CT molecular complexity index is 154. The first-order valence-electron chi connectivity index (χ1n) is 5.40. The van der Waals surface area contributed by atoms with E-state index in [4.69, 9.17) is 0 Å². The van der Waals surface area contributed by atoms with E-state index in [2.05, 4.69) is 29.3 Å². The molecule has 1 unspecified atom stereocenters. The van der Waals surface area contributed by atoms with E-state index in [0.717, 1.165) is 12.5 Å². The van der Waals surface area contributed by atoms with Crippen molar-refractivity contribution in [2.45, 2.75) is 19.8 Å². The normalized spacial score (nSPS) is 25.5. The predicted octanol–water partition coefficient (Wildman–Crippen LogP) is 1.49. The minimum atomic E-state index is 0.794. The summed E-state index contributed by atoms with van der Waals surface area (Å²) in [6, 6.07) is 0. The van der Waals surface area contributed by atoms with E-state index in [1.165, 1.54) is 32.5 Å². The number of nitrogens with zero attached hydrogens (tertiary/aromatic N) is 1. The molecule has 0 spiro atoms. The first kappa shape index (κ1) is 10.7. The summed E-state index contributed by atoms with van der Waals surface area (Å²) < 4.78 is 0. The van der Waals surface area contributed by atoms with Gasteiger partial charge in [-0.2, -0.15) is 0 Å². The van der Waals surface area contributed by atoms with Crippen LogP contribution < -0.4 is 5.32 Å². The van der Waals surface area contributed by atoms with Crippen LogP contribution in [0.5, 0.6) is 0 Å². The molecule has 1 N–H and O–H groups in total. The van der Waals surface area contributed by atoms with Crippen LogP contribution in [0.25, 0.3) is 0 Å². The second-order valence-corrected chi connectivity index (χ2v) is 3.78. The van der Waals surface area contributed by atoms with Crippen LogP contribution in [0.3, 0.4) is 0 Å². The molecule has 0 amide bonds. The van der Waals surface area contributed by atoms with Gasteiger partial charge in [-0.15, -0.1) is 0 Å². The van der Waals surface area contributed by atoms with Crippen LogP contribution in [0, 0.1) is 5.92 Å². The summed E-state index contributed by atoms with van der Waals surface area (Å²) in [5.74, 6) is 0.794. The summed E-state index contributed by atoms with van der Waals surface area (Å²) in [5, 5.41) is 3.13. The van der Waals surface area contributed by atoms with E-state index in [1.807, 2.05) is 7.05 Å². The zero-order valence-corrected chi connectivity index (χ0v) is 8.92. The zero-order valence-electron chi connectivity index (χ0n) is 8.92. The molecule has 1 fully saturated rings. The highest BCUT2D eigenvalue weighted by Gasteiger charge is 2.15. The van der Waals surface area contributed by atoms with E-state index in [0.29, 0.717) is 0 Å². The maximum absolute atomic E-state index is 3.13. The molecule has 0 aromatic carbocycles. The van der Waals surface area contributed by atoms with Gasteiger partial charge in [0.15, 0.2) is 0 Å². The maximum Gasteiger partial charge on any atom is 0.0131 e. The van der Waals surface area contributed by atoms with Crippen molar-refractivity contribution in [2.75, 3.05) is 33.2 Å². The van der Waals surface area contributed by atoms with Crippen molar-refractivity contribution in [1.82, 2.24) is 10.2 Å². The SMILES string of the molecule is CCN1CCCC(/C=C\CNC)C1. The lowest BCUT2D eigenvalue weighted by Gasteiger charge is -2.30. The van der Waals surface area contributed by atoms with Gasteiger partial charge in [0.05, 0.1) is 0 Å². The third-order valence-corrected chi connectivity index (χ3v) is 2.72. The van der Waals surface area contributed by atoms with Crippen molar-refractivity contribution in [2.24, 2.45) is 5.92 Å². The topological polar surface area (TPSA) is 15.3 Å². The molecule has 76 valence electrons. The number of hydrogen-bond acceptors (Lipinski definition) is 2. The molecule has 0 aliphatic carbocycles. The van der Waals surface area contributed by atoms with Gasteiger partial charge in [0, 0.05) is 13.1 Å². The molecule has 13 heavy (non-hydrogen) atoms. The van der Waals surface area contributed by atoms with Crippen LogP contribution in [0.15, 0.2) is 12.2 Å². The molecule has 1 saturated heterocycles. The molecule has 0 radical (unpaired) electrons. The van der Waals surface area contributed by atoms with Crippen molar-refractivity contribution in [3.05, 3.63) is 12.2 Å². The number of likely N-dealkylation sites (tertiary alicyclic amines) is 1. The fourth-order valence-corrected chi connectivity index (χ4v) is 1.91. The smallest absolute Gasteiger partial charge is 0.0131 e. The van der Waals surface area contributed by atoms with Crippen LogP contribution in [-0.4, -0.2) is 38.1 Å². The Balaban J connectivity index is 2.25. The van der Waals surface area contributed by atoms with Gasteiger partial charge in [0.25, 0.3) is 0 Å². The van der Waals surface area contributed by atoms with Crippen molar-refractivity contribution < 1.29 is 0 Å². The first-order valence-corrected chi connectivity index (χ1v) is 5.40. The number of likely N-dealkylation sites (N-methyl/N-ethyl adjacent to an activating group) is 1. The molecule has 0 saturated carbocycles. The quantitative estimate of drug-likeness (QED) is 0.663. The van der Waals surface area contributed by atoms with Crippen molar-refractivity contribution in [3.63, 3.8) is 0 Å². The highest BCUT2D eigenvalue weighted by atomic mass is 15.1. The monoisotopic (exact) mass is 182 g/mol. The molecule has 1 heterocycles. The van der Waals surface area contributed by atoms with Crippen molar-refractivity contribution in [1.29, 1.82) is 0 Å².